The van der Waals surface area contributed by atoms with E-state index in [9.17, 15) is 0 Å². The Morgan fingerprint density at radius 1 is 1.53 bits per heavy atom. The van der Waals surface area contributed by atoms with Crippen LogP contribution in [0.3, 0.4) is 0 Å². The van der Waals surface area contributed by atoms with E-state index in [-0.39, 0.29) is 12.6 Å². The van der Waals surface area contributed by atoms with Crippen molar-refractivity contribution in [3.8, 4) is 0 Å². The number of nitrogens with one attached hydrogen (secondary N) is 2. The molecule has 0 aliphatic heterocycles. The third-order valence-electron chi connectivity index (χ3n) is 2.20. The van der Waals surface area contributed by atoms with Crippen LogP contribution in [0.4, 0.5) is 0 Å². The van der Waals surface area contributed by atoms with Crippen LogP contribution in [-0.2, 0) is 6.73 Å². The van der Waals surface area contributed by atoms with Gasteiger partial charge in [0.1, 0.15) is 18.2 Å². The highest BCUT2D eigenvalue weighted by Crippen LogP contribution is 2.17. The van der Waals surface area contributed by atoms with E-state index < -0.39 is 0 Å². The molecule has 6 nitrogen and oxygen atoms in total. The van der Waals surface area contributed by atoms with Crippen molar-refractivity contribution < 1.29 is 10.3 Å². The zero-order chi connectivity index (χ0) is 10.8. The van der Waals surface area contributed by atoms with Gasteiger partial charge < -0.3 is 9.67 Å². The second kappa shape index (κ2) is 3.68. The molecular formula is C9H10N4O2. The zero-order valence-electron chi connectivity index (χ0n) is 7.81. The summed E-state index contributed by atoms with van der Waals surface area (Å²) in [7, 11) is 0. The molecule has 0 aliphatic rings. The quantitative estimate of drug-likeness (QED) is 0.323. The summed E-state index contributed by atoms with van der Waals surface area (Å²) in [5.41, 5.74) is 2.90. The van der Waals surface area contributed by atoms with Crippen LogP contribution >= 0.6 is 0 Å². The summed E-state index contributed by atoms with van der Waals surface area (Å²) in [5.74, 6) is -0.0990. The monoisotopic (exact) mass is 206 g/mol. The highest BCUT2D eigenvalue weighted by Gasteiger charge is 2.09. The second-order valence-electron chi connectivity index (χ2n) is 3.01. The van der Waals surface area contributed by atoms with Gasteiger partial charge >= 0.3 is 0 Å². The Labute approximate surface area is 85.3 Å². The summed E-state index contributed by atoms with van der Waals surface area (Å²) in [6.07, 6.45) is 3.20. The van der Waals surface area contributed by atoms with Crippen molar-refractivity contribution in [3.63, 3.8) is 0 Å². The minimum absolute atomic E-state index is 0.0990. The first-order valence-corrected chi connectivity index (χ1v) is 4.31. The molecule has 2 rings (SSSR count). The average Bonchev–Trinajstić information content (AvgIpc) is 2.70. The first kappa shape index (κ1) is 9.63. The number of pyridine rings is 1. The Balaban J connectivity index is 2.67. The van der Waals surface area contributed by atoms with Gasteiger partial charge in [-0.15, -0.1) is 0 Å². The highest BCUT2D eigenvalue weighted by molar-refractivity contribution is 6.06. The van der Waals surface area contributed by atoms with Crippen LogP contribution in [0, 0.1) is 5.41 Å². The first-order valence-electron chi connectivity index (χ1n) is 4.31. The van der Waals surface area contributed by atoms with Gasteiger partial charge in [0.15, 0.2) is 0 Å². The number of hydrogen-bond donors (Lipinski definition) is 4. The number of aromatic nitrogens is 2. The lowest BCUT2D eigenvalue weighted by Crippen LogP contribution is -2.19. The molecular weight excluding hydrogens is 196 g/mol. The van der Waals surface area contributed by atoms with Crippen LogP contribution in [-0.4, -0.2) is 25.7 Å². The van der Waals surface area contributed by atoms with E-state index in [1.807, 2.05) is 0 Å². The summed E-state index contributed by atoms with van der Waals surface area (Å²) in [4.78, 5) is 4.09. The maximum Gasteiger partial charge on any atom is 0.150 e. The Morgan fingerprint density at radius 2 is 2.33 bits per heavy atom. The standard InChI is InChI=1S/C9H10N4O2/c10-8(12-15)6-1-3-11-9-7(6)2-4-13(9)5-14/h1-4,14-15H,5H2,(H2,10,12). The summed E-state index contributed by atoms with van der Waals surface area (Å²) in [6.45, 7) is -0.167. The maximum atomic E-state index is 9.02. The number of nitrogens with zero attached hydrogens (tertiary/aromatic N) is 2. The minimum atomic E-state index is -0.167. The SMILES string of the molecule is N=C(NO)c1ccnc2c1ccn2CO. The molecule has 0 aromatic carbocycles. The number of hydrogen-bond acceptors (Lipinski definition) is 4. The number of amidine groups is 1. The van der Waals surface area contributed by atoms with Crippen LogP contribution in [0.15, 0.2) is 24.5 Å². The molecule has 0 bridgehead atoms. The number of fused-ring (bicyclic) bond motifs is 1. The smallest absolute Gasteiger partial charge is 0.150 e. The van der Waals surface area contributed by atoms with Crippen molar-refractivity contribution in [2.24, 2.45) is 0 Å². The maximum absolute atomic E-state index is 9.02. The molecule has 4 N–H and O–H groups in total. The molecule has 0 saturated carbocycles. The largest absolute Gasteiger partial charge is 0.376 e. The number of rotatable bonds is 2. The molecule has 0 aliphatic carbocycles. The van der Waals surface area contributed by atoms with Crippen LogP contribution < -0.4 is 5.48 Å². The van der Waals surface area contributed by atoms with Gasteiger partial charge in [0.05, 0.1) is 0 Å². The normalized spacial score (nSPS) is 10.5. The van der Waals surface area contributed by atoms with E-state index in [4.69, 9.17) is 15.7 Å². The van der Waals surface area contributed by atoms with Gasteiger partial charge in [0, 0.05) is 23.3 Å². The van der Waals surface area contributed by atoms with E-state index >= 15 is 0 Å². The zero-order valence-corrected chi connectivity index (χ0v) is 7.81. The second-order valence-corrected chi connectivity index (χ2v) is 3.01. The Bertz CT molecular complexity index is 506. The Morgan fingerprint density at radius 3 is 3.00 bits per heavy atom. The van der Waals surface area contributed by atoms with E-state index in [2.05, 4.69) is 4.98 Å². The third kappa shape index (κ3) is 1.45. The van der Waals surface area contributed by atoms with Gasteiger partial charge in [-0.25, -0.2) is 4.98 Å². The molecule has 78 valence electrons. The summed E-state index contributed by atoms with van der Waals surface area (Å²) in [6, 6.07) is 3.36. The molecule has 0 spiro atoms. The highest BCUT2D eigenvalue weighted by atomic mass is 16.5. The predicted octanol–water partition coefficient (Wildman–Crippen LogP) is 0.290. The predicted molar refractivity (Wildman–Crippen MR) is 53.7 cm³/mol. The minimum Gasteiger partial charge on any atom is -0.376 e. The van der Waals surface area contributed by atoms with Gasteiger partial charge in [0.25, 0.3) is 0 Å². The van der Waals surface area contributed by atoms with E-state index in [0.717, 1.165) is 0 Å². The lowest BCUT2D eigenvalue weighted by atomic mass is 10.2. The fraction of sp³-hybridized carbons (Fsp3) is 0.111. The van der Waals surface area contributed by atoms with E-state index in [0.29, 0.717) is 16.6 Å². The Kier molecular flexibility index (Phi) is 2.36. The molecule has 0 fully saturated rings. The van der Waals surface area contributed by atoms with Crippen molar-refractivity contribution >= 4 is 16.9 Å². The molecule has 6 heteroatoms. The van der Waals surface area contributed by atoms with E-state index in [1.54, 1.807) is 28.4 Å². The molecule has 2 aromatic rings. The lowest BCUT2D eigenvalue weighted by molar-refractivity contribution is 0.215. The van der Waals surface area contributed by atoms with Gasteiger partial charge in [-0.1, -0.05) is 0 Å². The molecule has 0 atom stereocenters. The number of aliphatic hydroxyl groups excluding tert-OH is 1. The lowest BCUT2D eigenvalue weighted by Gasteiger charge is -2.04. The van der Waals surface area contributed by atoms with Crippen LogP contribution in [0.5, 0.6) is 0 Å². The summed E-state index contributed by atoms with van der Waals surface area (Å²) >= 11 is 0. The third-order valence-corrected chi connectivity index (χ3v) is 2.20. The van der Waals surface area contributed by atoms with Crippen molar-refractivity contribution in [1.29, 1.82) is 5.41 Å². The summed E-state index contributed by atoms with van der Waals surface area (Å²) in [5, 5.41) is 25.8. The fourth-order valence-electron chi connectivity index (χ4n) is 1.48. The average molecular weight is 206 g/mol. The molecule has 0 unspecified atom stereocenters. The van der Waals surface area contributed by atoms with Crippen molar-refractivity contribution in [1.82, 2.24) is 15.0 Å². The van der Waals surface area contributed by atoms with Gasteiger partial charge in [-0.05, 0) is 12.1 Å². The Hall–Kier alpha value is -1.92. The molecule has 15 heavy (non-hydrogen) atoms. The van der Waals surface area contributed by atoms with Gasteiger partial charge in [-0.2, -0.15) is 0 Å². The molecule has 2 aromatic heterocycles. The summed E-state index contributed by atoms with van der Waals surface area (Å²) < 4.78 is 1.55. The van der Waals surface area contributed by atoms with Crippen molar-refractivity contribution in [2.45, 2.75) is 6.73 Å². The van der Waals surface area contributed by atoms with Crippen LogP contribution in [0.25, 0.3) is 11.0 Å². The van der Waals surface area contributed by atoms with Crippen molar-refractivity contribution in [3.05, 3.63) is 30.1 Å². The topological polar surface area (TPSA) is 94.2 Å². The van der Waals surface area contributed by atoms with Crippen LogP contribution in [0.1, 0.15) is 5.56 Å². The molecule has 2 heterocycles. The van der Waals surface area contributed by atoms with E-state index in [1.165, 1.54) is 6.20 Å². The molecule has 0 radical (unpaired) electrons. The van der Waals surface area contributed by atoms with Crippen molar-refractivity contribution in [2.75, 3.05) is 0 Å². The first-order chi connectivity index (χ1) is 7.27. The number of aliphatic hydroxyl groups is 1. The van der Waals surface area contributed by atoms with Gasteiger partial charge in [0.2, 0.25) is 0 Å². The fourth-order valence-corrected chi connectivity index (χ4v) is 1.48. The number of hydroxylamine groups is 1. The van der Waals surface area contributed by atoms with Crippen LogP contribution in [0.2, 0.25) is 0 Å². The molecule has 0 amide bonds. The molecule has 0 saturated heterocycles. The van der Waals surface area contributed by atoms with Gasteiger partial charge in [-0.3, -0.25) is 16.1 Å².